The van der Waals surface area contributed by atoms with Crippen molar-refractivity contribution in [3.05, 3.63) is 0 Å². The van der Waals surface area contributed by atoms with E-state index < -0.39 is 49.2 Å². The highest BCUT2D eigenvalue weighted by Crippen LogP contribution is 2.37. The monoisotopic (exact) mass is 2020 g/mol. The molecule has 0 spiro atoms. The Labute approximate surface area is 836 Å². The first kappa shape index (κ1) is 125. The molecule has 0 aromatic rings. The van der Waals surface area contributed by atoms with E-state index in [1.54, 1.807) is 6.92 Å². The van der Waals surface area contributed by atoms with Crippen molar-refractivity contribution < 1.29 is 56.4 Å². The highest BCUT2D eigenvalue weighted by molar-refractivity contribution is 7.92. The van der Waals surface area contributed by atoms with Gasteiger partial charge in [-0.25, -0.2) is 42.1 Å². The van der Waals surface area contributed by atoms with Crippen LogP contribution >= 0.6 is 0 Å². The number of rotatable bonds is 34. The number of ketones is 1. The molecule has 13 rings (SSSR count). The largest absolute Gasteiger partial charge is 0.379 e. The summed E-state index contributed by atoms with van der Waals surface area (Å²) in [6.45, 7) is 49.4. The summed E-state index contributed by atoms with van der Waals surface area (Å²) in [7, 11) is -13.8. The van der Waals surface area contributed by atoms with Crippen LogP contribution in [0.3, 0.4) is 0 Å². The van der Waals surface area contributed by atoms with E-state index in [9.17, 15) is 46.9 Å². The highest BCUT2D eigenvalue weighted by Gasteiger charge is 2.40. The zero-order valence-corrected chi connectivity index (χ0v) is 94.8. The van der Waals surface area contributed by atoms with Crippen molar-refractivity contribution in [3.63, 3.8) is 0 Å². The van der Waals surface area contributed by atoms with Gasteiger partial charge in [-0.1, -0.05) is 125 Å². The van der Waals surface area contributed by atoms with Gasteiger partial charge in [0.05, 0.1) is 65.7 Å². The molecule has 0 unspecified atom stereocenters. The molecule has 25 nitrogen and oxygen atoms in total. The molecular weight excluding hydrogens is 1810 g/mol. The van der Waals surface area contributed by atoms with Crippen LogP contribution < -0.4 is 53.6 Å². The lowest BCUT2D eigenvalue weighted by Gasteiger charge is -2.39. The summed E-state index contributed by atoms with van der Waals surface area (Å²) in [5.74, 6) is 5.07. The second kappa shape index (κ2) is 65.5. The number of nitrogens with one attached hydrogen (secondary N) is 9. The fourth-order valence-corrected chi connectivity index (χ4v) is 30.9. The summed E-state index contributed by atoms with van der Waals surface area (Å²) >= 11 is 0. The summed E-state index contributed by atoms with van der Waals surface area (Å²) in [5.41, 5.74) is 5.80. The van der Waals surface area contributed by atoms with Crippen LogP contribution in [-0.2, 0) is 63.5 Å². The molecule has 2 heterocycles. The smallest absolute Gasteiger partial charge is 0.153 e. The van der Waals surface area contributed by atoms with E-state index in [4.69, 9.17) is 15.2 Å². The molecule has 11 N–H and O–H groups in total. The van der Waals surface area contributed by atoms with Crippen LogP contribution in [0.5, 0.6) is 0 Å². The molecule has 0 radical (unpaired) electrons. The molecule has 0 aromatic carbocycles. The van der Waals surface area contributed by atoms with E-state index in [1.807, 2.05) is 0 Å². The topological polar surface area (TPSA) is 347 Å². The van der Waals surface area contributed by atoms with Crippen molar-refractivity contribution >= 4 is 55.0 Å². The zero-order valence-electron chi connectivity index (χ0n) is 90.7. The van der Waals surface area contributed by atoms with Crippen LogP contribution in [0.25, 0.3) is 0 Å². The Kier molecular flexibility index (Phi) is 60.4. The van der Waals surface area contributed by atoms with E-state index in [0.717, 1.165) is 243 Å². The number of carbonyl (C=O) groups is 1. The lowest BCUT2D eigenvalue weighted by Crippen LogP contribution is -2.47. The maximum absolute atomic E-state index is 11.9. The Morgan fingerprint density at radius 1 is 0.257 bits per heavy atom. The Balaban J connectivity index is 0.000000271. The first-order valence-electron chi connectivity index (χ1n) is 55.5. The summed E-state index contributed by atoms with van der Waals surface area (Å²) in [6, 6.07) is 13.2. The minimum Gasteiger partial charge on any atom is -0.379 e. The fourth-order valence-electron chi connectivity index (χ4n) is 23.1. The number of nitrogens with zero attached hydrogens (tertiary/aromatic N) is 2. The molecule has 2 saturated heterocycles. The standard InChI is InChI=1S/2C13H26N2O.2C13H25NO2S.C12H23NO.3C11H23NO2S.C9H20N2/c2*1-11(2)14-12-3-5-13(6-4-12)15-7-9-16-10-8-15;2*1-10(2)14-12-5-3-11(4-6-12)9-17(15,16)13-7-8-13;1-9(2)13-12-6-4-11(5-7-12)8-10(3)14;3*1-9(2)12-11-6-4-10(5-7-11)8-15(3,13)14;1-7(2)11-9-5-3-8(10)4-6-9/h2*11-14H,3-10H2,1-2H3;2*10-14H,3-9H2,1-2H3;9,11-13H,4-8H2,1-3H3;3*9-12H,4-8H2,1-3H3;7-9,11H,3-6,10H2,1-2H3. The molecule has 2 aliphatic heterocycles. The minimum absolute atomic E-state index is 0.0222. The number of hydrogen-bond donors (Lipinski definition) is 10. The van der Waals surface area contributed by atoms with Crippen molar-refractivity contribution in [2.75, 3.05) is 100 Å². The number of sulfone groups is 5. The number of morpholine rings is 2. The predicted octanol–water partition coefficient (Wildman–Crippen LogP) is 16.0. The SMILES string of the molecule is CC(=O)CC1CCC(NC(C)C)CC1.CC(C)NC1CCC(CS(=O)(=O)C2CC2)CC1.CC(C)NC1CCC(CS(=O)(=O)C2CC2)CC1.CC(C)NC1CCC(CS(C)(=O)=O)CC1.CC(C)NC1CCC(CS(C)(=O)=O)CC1.CC(C)NC1CCC(CS(C)(=O)=O)CC1.CC(C)NC1CCC(N)CC1.CC(C)NC1CCC(N2CCOCC2)CC1.CC(C)NC1CCC(N2CCOCC2)CC1. The van der Waals surface area contributed by atoms with Crippen molar-refractivity contribution in [1.29, 1.82) is 0 Å². The first-order valence-corrected chi connectivity index (χ1v) is 65.1. The predicted molar refractivity (Wildman–Crippen MR) is 574 cm³/mol. The van der Waals surface area contributed by atoms with Gasteiger partial charge in [0.1, 0.15) is 35.3 Å². The van der Waals surface area contributed by atoms with Gasteiger partial charge in [0.25, 0.3) is 0 Å². The van der Waals surface area contributed by atoms with Crippen LogP contribution in [0, 0.1) is 35.5 Å². The quantitative estimate of drug-likeness (QED) is 0.0286. The van der Waals surface area contributed by atoms with E-state index >= 15 is 0 Å². The van der Waals surface area contributed by atoms with Gasteiger partial charge in [-0.15, -0.1) is 0 Å². The molecule has 11 saturated carbocycles. The van der Waals surface area contributed by atoms with Crippen LogP contribution in [0.4, 0.5) is 0 Å². The molecule has 13 fully saturated rings. The van der Waals surface area contributed by atoms with Crippen molar-refractivity contribution in [3.8, 4) is 0 Å². The fraction of sp³-hybridized carbons (Fsp3) is 0.991. The van der Waals surface area contributed by atoms with Gasteiger partial charge in [0.2, 0.25) is 0 Å². The number of hydrogen-bond acceptors (Lipinski definition) is 25. The number of nitrogens with two attached hydrogens (primary N) is 1. The third-order valence-electron chi connectivity index (χ3n) is 29.7. The van der Waals surface area contributed by atoms with E-state index in [1.165, 1.54) is 122 Å². The van der Waals surface area contributed by atoms with Gasteiger partial charge in [0.15, 0.2) is 19.7 Å². The molecule has 11 aliphatic carbocycles. The molecule has 806 valence electrons. The minimum atomic E-state index is -2.78. The average molecular weight is 2030 g/mol. The third-order valence-corrected chi connectivity index (χ3v) is 37.8. The van der Waals surface area contributed by atoms with Gasteiger partial charge >= 0.3 is 0 Å². The molecule has 0 amide bonds. The molecule has 30 heteroatoms. The maximum Gasteiger partial charge on any atom is 0.153 e. The highest BCUT2D eigenvalue weighted by atomic mass is 32.2. The van der Waals surface area contributed by atoms with Crippen LogP contribution in [0.15, 0.2) is 0 Å². The van der Waals surface area contributed by atoms with Gasteiger partial charge in [-0.05, 0) is 299 Å². The van der Waals surface area contributed by atoms with Crippen LogP contribution in [0.2, 0.25) is 0 Å². The summed E-state index contributed by atoms with van der Waals surface area (Å²) < 4.78 is 125. The second-order valence-electron chi connectivity index (χ2n) is 47.4. The molecular formula is C106H214N12O13S5. The Bertz CT molecular complexity index is 3420. The van der Waals surface area contributed by atoms with E-state index in [-0.39, 0.29) is 10.5 Å². The molecule has 13 aliphatic rings. The van der Waals surface area contributed by atoms with Gasteiger partial charge in [-0.3, -0.25) is 9.80 Å². The van der Waals surface area contributed by atoms with Crippen molar-refractivity contribution in [2.24, 2.45) is 41.2 Å². The Hall–Kier alpha value is -1.14. The Morgan fingerprint density at radius 2 is 0.426 bits per heavy atom. The van der Waals surface area contributed by atoms with Gasteiger partial charge < -0.3 is 67.9 Å². The number of carbonyl (C=O) groups excluding carboxylic acids is 1. The van der Waals surface area contributed by atoms with Crippen LogP contribution in [-0.4, -0.2) is 295 Å². The van der Waals surface area contributed by atoms with Crippen molar-refractivity contribution in [2.45, 2.75) is 532 Å². The second-order valence-corrected chi connectivity index (χ2v) is 58.6. The lowest BCUT2D eigenvalue weighted by atomic mass is 9.83. The zero-order chi connectivity index (χ0) is 101. The molecule has 0 aromatic heterocycles. The number of Topliss-reactive ketones (excluding diaryl/α,β-unsaturated/α-hetero) is 1. The van der Waals surface area contributed by atoms with Gasteiger partial charge in [0, 0.05) is 178 Å². The Morgan fingerprint density at radius 3 is 0.596 bits per heavy atom. The molecule has 0 atom stereocenters. The lowest BCUT2D eigenvalue weighted by molar-refractivity contribution is -0.118. The van der Waals surface area contributed by atoms with Crippen molar-refractivity contribution in [1.82, 2.24) is 57.7 Å². The summed E-state index contributed by atoms with van der Waals surface area (Å²) in [4.78, 5) is 16.2. The molecule has 0 bridgehead atoms. The maximum atomic E-state index is 11.9. The normalized spacial score (nSPS) is 30.4. The van der Waals surface area contributed by atoms with Crippen LogP contribution in [0.1, 0.15) is 395 Å². The average Bonchev–Trinajstić information content (AvgIpc) is 1.68. The number of ether oxygens (including phenoxy) is 2. The first-order chi connectivity index (χ1) is 63.8. The molecule has 136 heavy (non-hydrogen) atoms. The van der Waals surface area contributed by atoms with E-state index in [2.05, 4.69) is 182 Å². The summed E-state index contributed by atoms with van der Waals surface area (Å²) in [6.07, 6.45) is 51.1. The van der Waals surface area contributed by atoms with E-state index in [0.29, 0.717) is 167 Å². The van der Waals surface area contributed by atoms with Gasteiger partial charge in [-0.2, -0.15) is 0 Å². The third kappa shape index (κ3) is 60.2. The summed E-state index contributed by atoms with van der Waals surface area (Å²) in [5, 5.41) is 32.1.